The molecule has 0 radical (unpaired) electrons. The van der Waals surface area contributed by atoms with Crippen LogP contribution in [-0.4, -0.2) is 33.9 Å². The van der Waals surface area contributed by atoms with Crippen molar-refractivity contribution in [1.82, 2.24) is 10.0 Å². The number of nitrogens with one attached hydrogen (secondary N) is 2. The molecule has 0 saturated carbocycles. The minimum Gasteiger partial charge on any atom is -0.494 e. The molecule has 0 heterocycles. The summed E-state index contributed by atoms with van der Waals surface area (Å²) in [4.78, 5) is 0. The van der Waals surface area contributed by atoms with E-state index in [1.807, 2.05) is 37.3 Å². The topological polar surface area (TPSA) is 67.4 Å². The van der Waals surface area contributed by atoms with Crippen molar-refractivity contribution >= 4 is 10.0 Å². The predicted octanol–water partition coefficient (Wildman–Crippen LogP) is 2.73. The monoisotopic (exact) mass is 376 g/mol. The van der Waals surface area contributed by atoms with Crippen LogP contribution in [0.25, 0.3) is 0 Å². The molecule has 6 heteroatoms. The molecule has 1 unspecified atom stereocenters. The fraction of sp³-hybridized carbons (Fsp3) is 0.400. The highest BCUT2D eigenvalue weighted by atomic mass is 32.2. The van der Waals surface area contributed by atoms with E-state index in [0.29, 0.717) is 19.7 Å². The van der Waals surface area contributed by atoms with E-state index in [2.05, 4.69) is 34.3 Å². The van der Waals surface area contributed by atoms with E-state index in [1.165, 1.54) is 5.56 Å². The van der Waals surface area contributed by atoms with Crippen molar-refractivity contribution in [3.05, 3.63) is 65.7 Å². The highest BCUT2D eigenvalue weighted by Crippen LogP contribution is 2.13. The first-order valence-corrected chi connectivity index (χ1v) is 10.8. The maximum absolute atomic E-state index is 11.1. The van der Waals surface area contributed by atoms with Crippen molar-refractivity contribution in [3.8, 4) is 5.75 Å². The molecule has 2 rings (SSSR count). The van der Waals surface area contributed by atoms with Gasteiger partial charge in [0, 0.05) is 19.1 Å². The highest BCUT2D eigenvalue weighted by molar-refractivity contribution is 7.88. The average Bonchev–Trinajstić information content (AvgIpc) is 2.63. The van der Waals surface area contributed by atoms with Gasteiger partial charge in [0.2, 0.25) is 10.0 Å². The van der Waals surface area contributed by atoms with Gasteiger partial charge in [-0.1, -0.05) is 42.5 Å². The van der Waals surface area contributed by atoms with Crippen LogP contribution >= 0.6 is 0 Å². The number of sulfonamides is 1. The van der Waals surface area contributed by atoms with Gasteiger partial charge in [0.25, 0.3) is 0 Å². The van der Waals surface area contributed by atoms with Gasteiger partial charge < -0.3 is 10.1 Å². The molecule has 5 nitrogen and oxygen atoms in total. The molecule has 2 N–H and O–H groups in total. The molecular formula is C20H28N2O3S. The van der Waals surface area contributed by atoms with E-state index in [-0.39, 0.29) is 6.04 Å². The minimum absolute atomic E-state index is 0.0543. The van der Waals surface area contributed by atoms with Crippen molar-refractivity contribution in [2.45, 2.75) is 32.4 Å². The second-order valence-corrected chi connectivity index (χ2v) is 8.32. The maximum atomic E-state index is 11.1. The molecule has 0 aliphatic carbocycles. The van der Waals surface area contributed by atoms with Crippen LogP contribution in [0.4, 0.5) is 0 Å². The summed E-state index contributed by atoms with van der Waals surface area (Å²) in [5.74, 6) is 0.869. The third kappa shape index (κ3) is 8.47. The second-order valence-electron chi connectivity index (χ2n) is 6.48. The van der Waals surface area contributed by atoms with Crippen molar-refractivity contribution in [2.24, 2.45) is 0 Å². The molecule has 0 bridgehead atoms. The standard InChI is InChI=1S/C20H28N2O3S/c1-17(15-22-26(2,23)24)21-16-19-10-12-20(13-11-19)25-14-6-9-18-7-4-3-5-8-18/h3-5,7-8,10-13,17,21-22H,6,9,14-16H2,1-2H3. The Kier molecular flexibility index (Phi) is 8.09. The van der Waals surface area contributed by atoms with Gasteiger partial charge in [0.05, 0.1) is 12.9 Å². The minimum atomic E-state index is -3.14. The second kappa shape index (κ2) is 10.3. The third-order valence-electron chi connectivity index (χ3n) is 3.95. The zero-order valence-corrected chi connectivity index (χ0v) is 16.3. The van der Waals surface area contributed by atoms with Gasteiger partial charge in [-0.15, -0.1) is 0 Å². The average molecular weight is 377 g/mol. The van der Waals surface area contributed by atoms with E-state index in [9.17, 15) is 8.42 Å². The number of rotatable bonds is 11. The van der Waals surface area contributed by atoms with Crippen LogP contribution in [0.5, 0.6) is 5.75 Å². The maximum Gasteiger partial charge on any atom is 0.208 e. The van der Waals surface area contributed by atoms with Crippen molar-refractivity contribution in [1.29, 1.82) is 0 Å². The van der Waals surface area contributed by atoms with Crippen LogP contribution in [0.2, 0.25) is 0 Å². The summed E-state index contributed by atoms with van der Waals surface area (Å²) < 4.78 is 30.5. The summed E-state index contributed by atoms with van der Waals surface area (Å²) in [6, 6.07) is 18.5. The van der Waals surface area contributed by atoms with Gasteiger partial charge in [0.15, 0.2) is 0 Å². The molecule has 2 aromatic carbocycles. The molecule has 0 aliphatic heterocycles. The highest BCUT2D eigenvalue weighted by Gasteiger charge is 2.06. The number of benzene rings is 2. The predicted molar refractivity (Wildman–Crippen MR) is 106 cm³/mol. The Morgan fingerprint density at radius 3 is 2.35 bits per heavy atom. The smallest absolute Gasteiger partial charge is 0.208 e. The van der Waals surface area contributed by atoms with Crippen LogP contribution in [0.3, 0.4) is 0 Å². The summed E-state index contributed by atoms with van der Waals surface area (Å²) in [7, 11) is -3.14. The van der Waals surface area contributed by atoms with Gasteiger partial charge in [-0.05, 0) is 43.0 Å². The number of hydrogen-bond donors (Lipinski definition) is 2. The van der Waals surface area contributed by atoms with Crippen LogP contribution < -0.4 is 14.8 Å². The van der Waals surface area contributed by atoms with Crippen molar-refractivity contribution < 1.29 is 13.2 Å². The first kappa shape index (κ1) is 20.4. The summed E-state index contributed by atoms with van der Waals surface area (Å²) >= 11 is 0. The first-order valence-electron chi connectivity index (χ1n) is 8.86. The van der Waals surface area contributed by atoms with E-state index in [0.717, 1.165) is 30.4 Å². The summed E-state index contributed by atoms with van der Waals surface area (Å²) in [6.45, 7) is 3.70. The van der Waals surface area contributed by atoms with Crippen LogP contribution in [0.15, 0.2) is 54.6 Å². The van der Waals surface area contributed by atoms with E-state index in [4.69, 9.17) is 4.74 Å². The molecule has 0 spiro atoms. The lowest BCUT2D eigenvalue weighted by Gasteiger charge is -2.14. The molecule has 1 atom stereocenters. The van der Waals surface area contributed by atoms with E-state index >= 15 is 0 Å². The third-order valence-corrected chi connectivity index (χ3v) is 4.64. The van der Waals surface area contributed by atoms with Gasteiger partial charge in [-0.25, -0.2) is 13.1 Å². The molecule has 0 aliphatic rings. The van der Waals surface area contributed by atoms with Crippen LogP contribution in [0.1, 0.15) is 24.5 Å². The molecule has 142 valence electrons. The molecule has 0 saturated heterocycles. The number of ether oxygens (including phenoxy) is 1. The SMILES string of the molecule is CC(CNS(C)(=O)=O)NCc1ccc(OCCCc2ccccc2)cc1. The largest absolute Gasteiger partial charge is 0.494 e. The Morgan fingerprint density at radius 2 is 1.69 bits per heavy atom. The van der Waals surface area contributed by atoms with E-state index < -0.39 is 10.0 Å². The Hall–Kier alpha value is -1.89. The Labute approximate surface area is 156 Å². The zero-order chi connectivity index (χ0) is 18.8. The Balaban J connectivity index is 1.66. The lowest BCUT2D eigenvalue weighted by molar-refractivity contribution is 0.311. The fourth-order valence-corrected chi connectivity index (χ4v) is 3.01. The first-order chi connectivity index (χ1) is 12.4. The quantitative estimate of drug-likeness (QED) is 0.592. The van der Waals surface area contributed by atoms with Crippen LogP contribution in [0, 0.1) is 0 Å². The normalized spacial score (nSPS) is 12.7. The molecule has 0 amide bonds. The fourth-order valence-electron chi connectivity index (χ4n) is 2.46. The van der Waals surface area contributed by atoms with Crippen molar-refractivity contribution in [3.63, 3.8) is 0 Å². The number of aryl methyl sites for hydroxylation is 1. The molecular weight excluding hydrogens is 348 g/mol. The molecule has 26 heavy (non-hydrogen) atoms. The van der Waals surface area contributed by atoms with Gasteiger partial charge in [0.1, 0.15) is 5.75 Å². The summed E-state index contributed by atoms with van der Waals surface area (Å²) in [5.41, 5.74) is 2.46. The van der Waals surface area contributed by atoms with Gasteiger partial charge in [-0.3, -0.25) is 0 Å². The van der Waals surface area contributed by atoms with E-state index in [1.54, 1.807) is 0 Å². The van der Waals surface area contributed by atoms with Gasteiger partial charge >= 0.3 is 0 Å². The van der Waals surface area contributed by atoms with Gasteiger partial charge in [-0.2, -0.15) is 0 Å². The summed E-state index contributed by atoms with van der Waals surface area (Å²) in [6.07, 6.45) is 3.17. The molecule has 0 aromatic heterocycles. The lowest BCUT2D eigenvalue weighted by Crippen LogP contribution is -2.38. The zero-order valence-electron chi connectivity index (χ0n) is 15.4. The van der Waals surface area contributed by atoms with Crippen LogP contribution in [-0.2, 0) is 23.0 Å². The Morgan fingerprint density at radius 1 is 1.00 bits per heavy atom. The lowest BCUT2D eigenvalue weighted by atomic mass is 10.1. The molecule has 2 aromatic rings. The Bertz CT molecular complexity index is 746. The van der Waals surface area contributed by atoms with Crippen molar-refractivity contribution in [2.75, 3.05) is 19.4 Å². The summed E-state index contributed by atoms with van der Waals surface area (Å²) in [5, 5.41) is 3.29. The number of hydrogen-bond acceptors (Lipinski definition) is 4. The molecule has 0 fully saturated rings.